The van der Waals surface area contributed by atoms with Gasteiger partial charge >= 0.3 is 5.97 Å². The molecule has 0 radical (unpaired) electrons. The molecule has 0 bridgehead atoms. The highest BCUT2D eigenvalue weighted by atomic mass is 16.5. The van der Waals surface area contributed by atoms with Crippen molar-refractivity contribution >= 4 is 11.9 Å². The Bertz CT molecular complexity index is 383. The second-order valence-corrected chi connectivity index (χ2v) is 6.14. The molecule has 3 fully saturated rings. The van der Waals surface area contributed by atoms with Crippen LogP contribution in [0.15, 0.2) is 0 Å². The van der Waals surface area contributed by atoms with E-state index in [1.807, 2.05) is 4.90 Å². The zero-order valence-corrected chi connectivity index (χ0v) is 11.1. The largest absolute Gasteiger partial charge is 0.481 e. The molecule has 106 valence electrons. The molecule has 1 amide bonds. The van der Waals surface area contributed by atoms with E-state index >= 15 is 0 Å². The summed E-state index contributed by atoms with van der Waals surface area (Å²) in [5.41, 5.74) is -0.139. The van der Waals surface area contributed by atoms with Crippen molar-refractivity contribution < 1.29 is 19.4 Å². The minimum atomic E-state index is -0.834. The summed E-state index contributed by atoms with van der Waals surface area (Å²) < 4.78 is 5.95. The first kappa shape index (κ1) is 12.9. The lowest BCUT2D eigenvalue weighted by atomic mass is 9.83. The molecule has 1 saturated heterocycles. The number of rotatable bonds is 2. The highest BCUT2D eigenvalue weighted by Gasteiger charge is 2.51. The summed E-state index contributed by atoms with van der Waals surface area (Å²) in [6.45, 7) is 1.87. The smallest absolute Gasteiger partial charge is 0.307 e. The Morgan fingerprint density at radius 3 is 2.53 bits per heavy atom. The maximum atomic E-state index is 12.3. The fraction of sp³-hybridized carbons (Fsp3) is 0.857. The van der Waals surface area contributed by atoms with E-state index in [2.05, 4.69) is 0 Å². The van der Waals surface area contributed by atoms with E-state index in [4.69, 9.17) is 9.84 Å². The van der Waals surface area contributed by atoms with E-state index in [1.165, 1.54) is 19.3 Å². The van der Waals surface area contributed by atoms with Crippen molar-refractivity contribution in [2.24, 2.45) is 11.8 Å². The van der Waals surface area contributed by atoms with Crippen molar-refractivity contribution in [3.63, 3.8) is 0 Å². The van der Waals surface area contributed by atoms with E-state index < -0.39 is 11.9 Å². The highest BCUT2D eigenvalue weighted by Crippen LogP contribution is 2.42. The monoisotopic (exact) mass is 267 g/mol. The Labute approximate surface area is 112 Å². The minimum absolute atomic E-state index is 0.0284. The normalized spacial score (nSPS) is 33.2. The zero-order chi connectivity index (χ0) is 13.5. The SMILES string of the molecule is O=C(O)[C@@H]1C[C@@H]1C(=O)N1CCOC2(CCCCC2)C1. The van der Waals surface area contributed by atoms with Crippen molar-refractivity contribution in [1.29, 1.82) is 0 Å². The van der Waals surface area contributed by atoms with Crippen LogP contribution in [-0.2, 0) is 14.3 Å². The topological polar surface area (TPSA) is 66.8 Å². The van der Waals surface area contributed by atoms with Gasteiger partial charge in [0.05, 0.1) is 24.0 Å². The Kier molecular flexibility index (Phi) is 3.25. The number of amides is 1. The lowest BCUT2D eigenvalue weighted by molar-refractivity contribution is -0.158. The number of hydrogen-bond donors (Lipinski definition) is 1. The predicted molar refractivity (Wildman–Crippen MR) is 67.6 cm³/mol. The second-order valence-electron chi connectivity index (χ2n) is 6.14. The molecule has 1 spiro atoms. The van der Waals surface area contributed by atoms with Crippen LogP contribution in [0.1, 0.15) is 38.5 Å². The standard InChI is InChI=1S/C14H21NO4/c16-12(10-8-11(10)13(17)18)15-6-7-19-14(9-15)4-2-1-3-5-14/h10-11H,1-9H2,(H,17,18)/t10-,11+/m0/s1. The molecule has 0 aromatic carbocycles. The molecule has 0 aromatic rings. The van der Waals surface area contributed by atoms with Gasteiger partial charge in [-0.25, -0.2) is 0 Å². The van der Waals surface area contributed by atoms with Crippen LogP contribution in [0.4, 0.5) is 0 Å². The molecule has 2 aliphatic carbocycles. The summed E-state index contributed by atoms with van der Waals surface area (Å²) in [5, 5.41) is 8.92. The summed E-state index contributed by atoms with van der Waals surface area (Å²) >= 11 is 0. The molecular weight excluding hydrogens is 246 g/mol. The molecule has 19 heavy (non-hydrogen) atoms. The average Bonchev–Trinajstić information content (AvgIpc) is 3.19. The first-order valence-electron chi connectivity index (χ1n) is 7.27. The third kappa shape index (κ3) is 2.48. The Morgan fingerprint density at radius 2 is 1.89 bits per heavy atom. The summed E-state index contributed by atoms with van der Waals surface area (Å²) in [6, 6.07) is 0. The fourth-order valence-electron chi connectivity index (χ4n) is 3.51. The third-order valence-electron chi connectivity index (χ3n) is 4.75. The quantitative estimate of drug-likeness (QED) is 0.818. The van der Waals surface area contributed by atoms with E-state index in [0.717, 1.165) is 12.8 Å². The number of morpholine rings is 1. The highest BCUT2D eigenvalue weighted by molar-refractivity contribution is 5.89. The lowest BCUT2D eigenvalue weighted by Crippen LogP contribution is -2.54. The maximum Gasteiger partial charge on any atom is 0.307 e. The molecule has 0 aromatic heterocycles. The van der Waals surface area contributed by atoms with Crippen LogP contribution in [0.3, 0.4) is 0 Å². The van der Waals surface area contributed by atoms with Gasteiger partial charge in [-0.05, 0) is 19.3 Å². The molecule has 5 nitrogen and oxygen atoms in total. The summed E-state index contributed by atoms with van der Waals surface area (Å²) in [5.74, 6) is -1.53. The molecule has 3 aliphatic rings. The van der Waals surface area contributed by atoms with Crippen molar-refractivity contribution in [2.75, 3.05) is 19.7 Å². The number of hydrogen-bond acceptors (Lipinski definition) is 3. The number of carbonyl (C=O) groups is 2. The van der Waals surface area contributed by atoms with Crippen molar-refractivity contribution in [3.05, 3.63) is 0 Å². The van der Waals surface area contributed by atoms with Crippen molar-refractivity contribution in [1.82, 2.24) is 4.90 Å². The van der Waals surface area contributed by atoms with Gasteiger partial charge in [0.25, 0.3) is 0 Å². The van der Waals surface area contributed by atoms with Gasteiger partial charge in [-0.1, -0.05) is 19.3 Å². The third-order valence-corrected chi connectivity index (χ3v) is 4.75. The van der Waals surface area contributed by atoms with Crippen LogP contribution >= 0.6 is 0 Å². The fourth-order valence-corrected chi connectivity index (χ4v) is 3.51. The van der Waals surface area contributed by atoms with Crippen LogP contribution in [0, 0.1) is 11.8 Å². The van der Waals surface area contributed by atoms with Gasteiger partial charge in [0, 0.05) is 13.1 Å². The maximum absolute atomic E-state index is 12.3. The first-order valence-corrected chi connectivity index (χ1v) is 7.27. The average molecular weight is 267 g/mol. The van der Waals surface area contributed by atoms with Crippen LogP contribution < -0.4 is 0 Å². The molecule has 2 atom stereocenters. The van der Waals surface area contributed by atoms with Crippen LogP contribution in [0.25, 0.3) is 0 Å². The number of nitrogens with zero attached hydrogens (tertiary/aromatic N) is 1. The van der Waals surface area contributed by atoms with E-state index in [9.17, 15) is 9.59 Å². The Balaban J connectivity index is 1.62. The Hall–Kier alpha value is -1.10. The number of aliphatic carboxylic acids is 1. The number of ether oxygens (including phenoxy) is 1. The first-order chi connectivity index (χ1) is 9.11. The van der Waals surface area contributed by atoms with Crippen molar-refractivity contribution in [3.8, 4) is 0 Å². The van der Waals surface area contributed by atoms with Gasteiger partial charge in [0.15, 0.2) is 0 Å². The van der Waals surface area contributed by atoms with Crippen LogP contribution in [-0.4, -0.2) is 47.2 Å². The molecule has 1 aliphatic heterocycles. The molecular formula is C14H21NO4. The van der Waals surface area contributed by atoms with Gasteiger partial charge in [0.2, 0.25) is 5.91 Å². The van der Waals surface area contributed by atoms with E-state index in [-0.39, 0.29) is 17.4 Å². The molecule has 5 heteroatoms. The minimum Gasteiger partial charge on any atom is -0.481 e. The predicted octanol–water partition coefficient (Wildman–Crippen LogP) is 1.27. The second kappa shape index (κ2) is 4.78. The van der Waals surface area contributed by atoms with Gasteiger partial charge < -0.3 is 14.7 Å². The zero-order valence-electron chi connectivity index (χ0n) is 11.1. The number of carboxylic acids is 1. The molecule has 2 saturated carbocycles. The van der Waals surface area contributed by atoms with Crippen molar-refractivity contribution in [2.45, 2.75) is 44.1 Å². The molecule has 1 heterocycles. The van der Waals surface area contributed by atoms with Gasteiger partial charge in [0.1, 0.15) is 0 Å². The molecule has 1 N–H and O–H groups in total. The number of carbonyl (C=O) groups excluding carboxylic acids is 1. The van der Waals surface area contributed by atoms with Crippen LogP contribution in [0.5, 0.6) is 0 Å². The van der Waals surface area contributed by atoms with Crippen LogP contribution in [0.2, 0.25) is 0 Å². The van der Waals surface area contributed by atoms with E-state index in [1.54, 1.807) is 0 Å². The van der Waals surface area contributed by atoms with Gasteiger partial charge in [-0.3, -0.25) is 9.59 Å². The summed E-state index contributed by atoms with van der Waals surface area (Å²) in [4.78, 5) is 25.0. The molecule has 0 unspecified atom stereocenters. The summed E-state index contributed by atoms with van der Waals surface area (Å²) in [6.07, 6.45) is 6.17. The lowest BCUT2D eigenvalue weighted by Gasteiger charge is -2.45. The summed E-state index contributed by atoms with van der Waals surface area (Å²) in [7, 11) is 0. The molecule has 3 rings (SSSR count). The van der Waals surface area contributed by atoms with Gasteiger partial charge in [-0.2, -0.15) is 0 Å². The van der Waals surface area contributed by atoms with E-state index in [0.29, 0.717) is 26.1 Å². The number of carboxylic acid groups (broad SMARTS) is 1. The van der Waals surface area contributed by atoms with Gasteiger partial charge in [-0.15, -0.1) is 0 Å². The Morgan fingerprint density at radius 1 is 1.16 bits per heavy atom.